The van der Waals surface area contributed by atoms with Crippen LogP contribution in [-0.2, 0) is 13.1 Å². The van der Waals surface area contributed by atoms with Crippen LogP contribution in [0, 0.1) is 10.8 Å². The molecule has 17 heavy (non-hydrogen) atoms. The fourth-order valence-electron chi connectivity index (χ4n) is 2.88. The summed E-state index contributed by atoms with van der Waals surface area (Å²) >= 11 is 0. The molecular weight excluding hydrogens is 212 g/mol. The van der Waals surface area contributed by atoms with Crippen molar-refractivity contribution in [2.45, 2.75) is 33.4 Å². The zero-order valence-corrected chi connectivity index (χ0v) is 10.4. The van der Waals surface area contributed by atoms with E-state index in [-0.39, 0.29) is 0 Å². The molecule has 1 fully saturated rings. The van der Waals surface area contributed by atoms with Crippen LogP contribution >= 0.6 is 0 Å². The monoisotopic (exact) mass is 230 g/mol. The number of imidazole rings is 2. The number of hydrogen-bond acceptors (Lipinski definition) is 2. The molecule has 90 valence electrons. The standard InChI is InChI=1S/C13H18N4/c1-12(8-16-5-3-14-10-16)7-13(12,2)9-17-6-4-15-11-17/h3-6,10-11H,7-9H2,1-2H3. The van der Waals surface area contributed by atoms with Crippen LogP contribution in [0.15, 0.2) is 37.4 Å². The van der Waals surface area contributed by atoms with Gasteiger partial charge in [-0.3, -0.25) is 0 Å². The highest BCUT2D eigenvalue weighted by Gasteiger charge is 2.60. The van der Waals surface area contributed by atoms with Gasteiger partial charge in [0.15, 0.2) is 0 Å². The second-order valence-electron chi connectivity index (χ2n) is 5.77. The molecule has 0 spiro atoms. The Morgan fingerprint density at radius 3 is 1.76 bits per heavy atom. The van der Waals surface area contributed by atoms with E-state index in [9.17, 15) is 0 Å². The van der Waals surface area contributed by atoms with Gasteiger partial charge in [0, 0.05) is 37.9 Å². The van der Waals surface area contributed by atoms with Crippen LogP contribution in [0.5, 0.6) is 0 Å². The molecule has 0 N–H and O–H groups in total. The van der Waals surface area contributed by atoms with Crippen molar-refractivity contribution >= 4 is 0 Å². The maximum atomic E-state index is 4.11. The van der Waals surface area contributed by atoms with Crippen LogP contribution in [0.4, 0.5) is 0 Å². The number of hydrogen-bond donors (Lipinski definition) is 0. The largest absolute Gasteiger partial charge is 0.337 e. The normalized spacial score (nSPS) is 31.6. The highest BCUT2D eigenvalue weighted by atomic mass is 15.1. The topological polar surface area (TPSA) is 35.6 Å². The van der Waals surface area contributed by atoms with Gasteiger partial charge < -0.3 is 9.13 Å². The predicted molar refractivity (Wildman–Crippen MR) is 65.3 cm³/mol. The number of nitrogens with zero attached hydrogens (tertiary/aromatic N) is 4. The van der Waals surface area contributed by atoms with Crippen molar-refractivity contribution in [3.8, 4) is 0 Å². The highest BCUT2D eigenvalue weighted by molar-refractivity contribution is 5.09. The first kappa shape index (κ1) is 10.6. The second-order valence-corrected chi connectivity index (χ2v) is 5.77. The molecule has 3 rings (SSSR count). The van der Waals surface area contributed by atoms with Crippen LogP contribution in [0.25, 0.3) is 0 Å². The molecule has 1 saturated carbocycles. The van der Waals surface area contributed by atoms with E-state index in [2.05, 4.69) is 32.9 Å². The summed E-state index contributed by atoms with van der Waals surface area (Å²) in [5, 5.41) is 0. The molecule has 4 nitrogen and oxygen atoms in total. The Kier molecular flexibility index (Phi) is 2.15. The summed E-state index contributed by atoms with van der Waals surface area (Å²) in [6.07, 6.45) is 12.8. The maximum absolute atomic E-state index is 4.11. The van der Waals surface area contributed by atoms with E-state index in [4.69, 9.17) is 0 Å². The van der Waals surface area contributed by atoms with Gasteiger partial charge in [-0.25, -0.2) is 9.97 Å². The van der Waals surface area contributed by atoms with Crippen LogP contribution in [0.2, 0.25) is 0 Å². The highest BCUT2D eigenvalue weighted by Crippen LogP contribution is 2.65. The first-order valence-electron chi connectivity index (χ1n) is 6.03. The Morgan fingerprint density at radius 1 is 0.941 bits per heavy atom. The fourth-order valence-corrected chi connectivity index (χ4v) is 2.88. The molecule has 1 aliphatic rings. The summed E-state index contributed by atoms with van der Waals surface area (Å²) in [5.41, 5.74) is 0.746. The van der Waals surface area contributed by atoms with Crippen molar-refractivity contribution in [3.63, 3.8) is 0 Å². The van der Waals surface area contributed by atoms with Crippen molar-refractivity contribution in [2.75, 3.05) is 0 Å². The molecule has 0 bridgehead atoms. The quantitative estimate of drug-likeness (QED) is 0.807. The Labute approximate surface area is 101 Å². The van der Waals surface area contributed by atoms with Gasteiger partial charge in [-0.15, -0.1) is 0 Å². The van der Waals surface area contributed by atoms with E-state index in [0.29, 0.717) is 10.8 Å². The summed E-state index contributed by atoms with van der Waals surface area (Å²) < 4.78 is 4.36. The van der Waals surface area contributed by atoms with Crippen LogP contribution in [-0.4, -0.2) is 19.1 Å². The first-order valence-corrected chi connectivity index (χ1v) is 6.03. The molecule has 2 aromatic heterocycles. The first-order chi connectivity index (χ1) is 8.11. The van der Waals surface area contributed by atoms with Crippen molar-refractivity contribution in [3.05, 3.63) is 37.4 Å². The molecule has 0 aromatic carbocycles. The lowest BCUT2D eigenvalue weighted by Crippen LogP contribution is -2.18. The SMILES string of the molecule is CC1(Cn2ccnc2)CC1(C)Cn1ccnc1. The molecule has 1 aliphatic carbocycles. The molecule has 0 saturated heterocycles. The lowest BCUT2D eigenvalue weighted by atomic mass is 9.96. The van der Waals surface area contributed by atoms with E-state index in [1.807, 2.05) is 37.4 Å². The van der Waals surface area contributed by atoms with Crippen molar-refractivity contribution < 1.29 is 0 Å². The van der Waals surface area contributed by atoms with Gasteiger partial charge >= 0.3 is 0 Å². The molecule has 2 aromatic rings. The summed E-state index contributed by atoms with van der Waals surface area (Å²) in [7, 11) is 0. The third kappa shape index (κ3) is 1.77. The van der Waals surface area contributed by atoms with Gasteiger partial charge in [0.1, 0.15) is 0 Å². The molecule has 2 atom stereocenters. The second kappa shape index (κ2) is 3.45. The zero-order valence-electron chi connectivity index (χ0n) is 10.4. The number of rotatable bonds is 4. The fraction of sp³-hybridized carbons (Fsp3) is 0.538. The van der Waals surface area contributed by atoms with Gasteiger partial charge in [0.25, 0.3) is 0 Å². The summed E-state index contributed by atoms with van der Waals surface area (Å²) in [6, 6.07) is 0. The molecule has 0 amide bonds. The summed E-state index contributed by atoms with van der Waals surface area (Å²) in [4.78, 5) is 8.21. The van der Waals surface area contributed by atoms with Crippen LogP contribution in [0.3, 0.4) is 0 Å². The average molecular weight is 230 g/mol. The molecule has 2 heterocycles. The van der Waals surface area contributed by atoms with Gasteiger partial charge in [0.2, 0.25) is 0 Å². The Bertz CT molecular complexity index is 441. The van der Waals surface area contributed by atoms with Crippen molar-refractivity contribution in [1.82, 2.24) is 19.1 Å². The Hall–Kier alpha value is -1.58. The summed E-state index contributed by atoms with van der Waals surface area (Å²) in [5.74, 6) is 0. The minimum absolute atomic E-state index is 0.373. The minimum Gasteiger partial charge on any atom is -0.337 e. The smallest absolute Gasteiger partial charge is 0.0946 e. The number of aromatic nitrogens is 4. The van der Waals surface area contributed by atoms with Crippen molar-refractivity contribution in [1.29, 1.82) is 0 Å². The van der Waals surface area contributed by atoms with E-state index in [0.717, 1.165) is 13.1 Å². The van der Waals surface area contributed by atoms with E-state index in [1.54, 1.807) is 0 Å². The zero-order chi connectivity index (χ0) is 11.9. The van der Waals surface area contributed by atoms with E-state index < -0.39 is 0 Å². The van der Waals surface area contributed by atoms with Gasteiger partial charge in [-0.2, -0.15) is 0 Å². The van der Waals surface area contributed by atoms with Crippen LogP contribution < -0.4 is 0 Å². The third-order valence-corrected chi connectivity index (χ3v) is 4.29. The minimum atomic E-state index is 0.373. The van der Waals surface area contributed by atoms with Gasteiger partial charge in [-0.1, -0.05) is 13.8 Å². The average Bonchev–Trinajstić information content (AvgIpc) is 2.76. The van der Waals surface area contributed by atoms with Gasteiger partial charge in [-0.05, 0) is 17.3 Å². The molecule has 4 heteroatoms. The lowest BCUT2D eigenvalue weighted by Gasteiger charge is -2.19. The third-order valence-electron chi connectivity index (χ3n) is 4.29. The Morgan fingerprint density at radius 2 is 1.41 bits per heavy atom. The summed E-state index contributed by atoms with van der Waals surface area (Å²) in [6.45, 7) is 6.84. The molecule has 2 unspecified atom stereocenters. The maximum Gasteiger partial charge on any atom is 0.0946 e. The van der Waals surface area contributed by atoms with Gasteiger partial charge in [0.05, 0.1) is 12.7 Å². The van der Waals surface area contributed by atoms with E-state index in [1.165, 1.54) is 6.42 Å². The Balaban J connectivity index is 1.70. The molecule has 0 radical (unpaired) electrons. The predicted octanol–water partition coefficient (Wildman–Crippen LogP) is 2.20. The van der Waals surface area contributed by atoms with E-state index >= 15 is 0 Å². The van der Waals surface area contributed by atoms with Crippen LogP contribution in [0.1, 0.15) is 20.3 Å². The molecular formula is C13H18N4. The molecule has 0 aliphatic heterocycles. The van der Waals surface area contributed by atoms with Crippen molar-refractivity contribution in [2.24, 2.45) is 10.8 Å². The lowest BCUT2D eigenvalue weighted by molar-refractivity contribution is 0.305.